The quantitative estimate of drug-likeness (QED) is 0.918. The SMILES string of the molecule is CN(CC(=O)N1CCCC1)c1ncc(N)cc1Br. The first-order chi connectivity index (χ1) is 8.58. The molecule has 1 aliphatic heterocycles. The topological polar surface area (TPSA) is 62.5 Å². The van der Waals surface area contributed by atoms with E-state index in [-0.39, 0.29) is 5.91 Å². The number of amides is 1. The van der Waals surface area contributed by atoms with Crippen LogP contribution in [0.5, 0.6) is 0 Å². The van der Waals surface area contributed by atoms with E-state index in [2.05, 4.69) is 20.9 Å². The normalized spacial score (nSPS) is 14.9. The molecule has 1 aromatic heterocycles. The number of aromatic nitrogens is 1. The number of carbonyl (C=O) groups is 1. The van der Waals surface area contributed by atoms with Gasteiger partial charge in [0, 0.05) is 20.1 Å². The number of halogens is 1. The Kier molecular flexibility index (Phi) is 4.06. The molecular weight excluding hydrogens is 296 g/mol. The Hall–Kier alpha value is -1.30. The van der Waals surface area contributed by atoms with E-state index < -0.39 is 0 Å². The van der Waals surface area contributed by atoms with Crippen LogP contribution in [0, 0.1) is 0 Å². The summed E-state index contributed by atoms with van der Waals surface area (Å²) in [7, 11) is 1.86. The summed E-state index contributed by atoms with van der Waals surface area (Å²) in [4.78, 5) is 20.0. The Balaban J connectivity index is 2.02. The molecule has 1 saturated heterocycles. The summed E-state index contributed by atoms with van der Waals surface area (Å²) < 4.78 is 0.805. The van der Waals surface area contributed by atoms with Gasteiger partial charge in [-0.05, 0) is 34.8 Å². The molecule has 1 amide bonds. The largest absolute Gasteiger partial charge is 0.397 e. The maximum Gasteiger partial charge on any atom is 0.242 e. The van der Waals surface area contributed by atoms with Gasteiger partial charge in [-0.3, -0.25) is 4.79 Å². The highest BCUT2D eigenvalue weighted by Crippen LogP contribution is 2.24. The highest BCUT2D eigenvalue weighted by Gasteiger charge is 2.20. The maximum absolute atomic E-state index is 12.0. The number of hydrogen-bond donors (Lipinski definition) is 1. The van der Waals surface area contributed by atoms with Gasteiger partial charge >= 0.3 is 0 Å². The van der Waals surface area contributed by atoms with Crippen LogP contribution in [0.15, 0.2) is 16.7 Å². The Labute approximate surface area is 115 Å². The number of likely N-dealkylation sites (N-methyl/N-ethyl adjacent to an activating group) is 1. The Morgan fingerprint density at radius 1 is 1.56 bits per heavy atom. The first-order valence-electron chi connectivity index (χ1n) is 5.98. The van der Waals surface area contributed by atoms with Gasteiger partial charge in [-0.1, -0.05) is 0 Å². The fourth-order valence-electron chi connectivity index (χ4n) is 2.07. The molecule has 6 heteroatoms. The van der Waals surface area contributed by atoms with Crippen LogP contribution in [0.25, 0.3) is 0 Å². The average Bonchev–Trinajstić information content (AvgIpc) is 2.81. The number of nitrogen functional groups attached to an aromatic ring is 1. The van der Waals surface area contributed by atoms with E-state index in [0.717, 1.165) is 36.2 Å². The molecule has 5 nitrogen and oxygen atoms in total. The van der Waals surface area contributed by atoms with Crippen LogP contribution in [0.3, 0.4) is 0 Å². The standard InChI is InChI=1S/C12H17BrN4O/c1-16(8-11(18)17-4-2-3-5-17)12-10(13)6-9(14)7-15-12/h6-7H,2-5,8,14H2,1H3. The fourth-order valence-corrected chi connectivity index (χ4v) is 2.74. The van der Waals surface area contributed by atoms with E-state index >= 15 is 0 Å². The van der Waals surface area contributed by atoms with Crippen LogP contribution in [0.1, 0.15) is 12.8 Å². The van der Waals surface area contributed by atoms with E-state index in [9.17, 15) is 4.79 Å². The molecule has 2 heterocycles. The zero-order valence-electron chi connectivity index (χ0n) is 10.4. The fraction of sp³-hybridized carbons (Fsp3) is 0.500. The van der Waals surface area contributed by atoms with Gasteiger partial charge in [-0.15, -0.1) is 0 Å². The summed E-state index contributed by atoms with van der Waals surface area (Å²) in [5.74, 6) is 0.886. The van der Waals surface area contributed by atoms with E-state index in [4.69, 9.17) is 5.73 Å². The average molecular weight is 313 g/mol. The summed E-state index contributed by atoms with van der Waals surface area (Å²) in [5.41, 5.74) is 6.24. The maximum atomic E-state index is 12.0. The van der Waals surface area contributed by atoms with Gasteiger partial charge in [-0.2, -0.15) is 0 Å². The van der Waals surface area contributed by atoms with Crippen molar-refractivity contribution in [1.82, 2.24) is 9.88 Å². The molecule has 0 bridgehead atoms. The summed E-state index contributed by atoms with van der Waals surface area (Å²) in [6, 6.07) is 1.79. The minimum Gasteiger partial charge on any atom is -0.397 e. The van der Waals surface area contributed by atoms with Gasteiger partial charge in [-0.25, -0.2) is 4.98 Å². The van der Waals surface area contributed by atoms with Crippen molar-refractivity contribution in [3.8, 4) is 0 Å². The Morgan fingerprint density at radius 3 is 2.83 bits per heavy atom. The smallest absolute Gasteiger partial charge is 0.242 e. The summed E-state index contributed by atoms with van der Waals surface area (Å²) in [6.07, 6.45) is 3.81. The van der Waals surface area contributed by atoms with Crippen LogP contribution in [-0.4, -0.2) is 42.5 Å². The summed E-state index contributed by atoms with van der Waals surface area (Å²) in [5, 5.41) is 0. The zero-order valence-corrected chi connectivity index (χ0v) is 12.0. The van der Waals surface area contributed by atoms with Crippen LogP contribution in [0.2, 0.25) is 0 Å². The van der Waals surface area contributed by atoms with Crippen molar-refractivity contribution < 1.29 is 4.79 Å². The lowest BCUT2D eigenvalue weighted by Gasteiger charge is -2.22. The third-order valence-corrected chi connectivity index (χ3v) is 3.62. The number of nitrogens with zero attached hydrogens (tertiary/aromatic N) is 3. The first kappa shape index (κ1) is 13.1. The number of nitrogens with two attached hydrogens (primary N) is 1. The summed E-state index contributed by atoms with van der Waals surface area (Å²) in [6.45, 7) is 2.10. The predicted molar refractivity (Wildman–Crippen MR) is 75.4 cm³/mol. The van der Waals surface area contributed by atoms with Crippen molar-refractivity contribution in [1.29, 1.82) is 0 Å². The van der Waals surface area contributed by atoms with E-state index in [1.54, 1.807) is 12.3 Å². The highest BCUT2D eigenvalue weighted by atomic mass is 79.9. The van der Waals surface area contributed by atoms with Gasteiger partial charge in [0.2, 0.25) is 5.91 Å². The van der Waals surface area contributed by atoms with Crippen LogP contribution < -0.4 is 10.6 Å². The van der Waals surface area contributed by atoms with Gasteiger partial charge < -0.3 is 15.5 Å². The molecule has 1 aromatic rings. The zero-order chi connectivity index (χ0) is 13.1. The number of pyridine rings is 1. The van der Waals surface area contributed by atoms with Gasteiger partial charge in [0.1, 0.15) is 5.82 Å². The van der Waals surface area contributed by atoms with E-state index in [1.165, 1.54) is 0 Å². The van der Waals surface area contributed by atoms with Crippen molar-refractivity contribution in [2.75, 3.05) is 37.3 Å². The lowest BCUT2D eigenvalue weighted by molar-refractivity contribution is -0.128. The minimum atomic E-state index is 0.153. The number of rotatable bonds is 3. The molecule has 0 atom stereocenters. The molecule has 2 rings (SSSR count). The van der Waals surface area contributed by atoms with Crippen molar-refractivity contribution >= 4 is 33.3 Å². The summed E-state index contributed by atoms with van der Waals surface area (Å²) >= 11 is 3.41. The molecule has 0 saturated carbocycles. The van der Waals surface area contributed by atoms with Crippen molar-refractivity contribution in [2.24, 2.45) is 0 Å². The lowest BCUT2D eigenvalue weighted by atomic mass is 10.4. The van der Waals surface area contributed by atoms with E-state index in [1.807, 2.05) is 16.8 Å². The molecular formula is C12H17BrN4O. The van der Waals surface area contributed by atoms with Gasteiger partial charge in [0.25, 0.3) is 0 Å². The van der Waals surface area contributed by atoms with Crippen LogP contribution >= 0.6 is 15.9 Å². The second kappa shape index (κ2) is 5.56. The molecule has 0 unspecified atom stereocenters. The Bertz CT molecular complexity index is 446. The van der Waals surface area contributed by atoms with Crippen LogP contribution in [0.4, 0.5) is 11.5 Å². The second-order valence-electron chi connectivity index (χ2n) is 4.52. The predicted octanol–water partition coefficient (Wildman–Crippen LogP) is 1.48. The van der Waals surface area contributed by atoms with Gasteiger partial charge in [0.15, 0.2) is 0 Å². The number of likely N-dealkylation sites (tertiary alicyclic amines) is 1. The molecule has 18 heavy (non-hydrogen) atoms. The molecule has 0 spiro atoms. The van der Waals surface area contributed by atoms with Crippen LogP contribution in [-0.2, 0) is 4.79 Å². The third-order valence-electron chi connectivity index (χ3n) is 3.04. The number of carbonyl (C=O) groups excluding carboxylic acids is 1. The van der Waals surface area contributed by atoms with Crippen molar-refractivity contribution in [2.45, 2.75) is 12.8 Å². The molecule has 98 valence electrons. The number of hydrogen-bond acceptors (Lipinski definition) is 4. The molecule has 2 N–H and O–H groups in total. The molecule has 1 aliphatic rings. The van der Waals surface area contributed by atoms with E-state index in [0.29, 0.717) is 12.2 Å². The lowest BCUT2D eigenvalue weighted by Crippen LogP contribution is -2.37. The monoisotopic (exact) mass is 312 g/mol. The van der Waals surface area contributed by atoms with Gasteiger partial charge in [0.05, 0.1) is 22.9 Å². The molecule has 0 aromatic carbocycles. The second-order valence-corrected chi connectivity index (χ2v) is 5.37. The molecule has 0 radical (unpaired) electrons. The highest BCUT2D eigenvalue weighted by molar-refractivity contribution is 9.10. The first-order valence-corrected chi connectivity index (χ1v) is 6.77. The molecule has 1 fully saturated rings. The molecule has 0 aliphatic carbocycles. The Morgan fingerprint density at radius 2 is 2.22 bits per heavy atom. The third kappa shape index (κ3) is 2.93. The minimum absolute atomic E-state index is 0.153. The number of anilines is 2. The van der Waals surface area contributed by atoms with Crippen molar-refractivity contribution in [3.05, 3.63) is 16.7 Å². The van der Waals surface area contributed by atoms with Crippen molar-refractivity contribution in [3.63, 3.8) is 0 Å².